The van der Waals surface area contributed by atoms with Crippen LogP contribution in [0.2, 0.25) is 0 Å². The Labute approximate surface area is 115 Å². The van der Waals surface area contributed by atoms with Crippen LogP contribution in [0.25, 0.3) is 0 Å². The van der Waals surface area contributed by atoms with E-state index in [9.17, 15) is 4.39 Å². The van der Waals surface area contributed by atoms with Crippen LogP contribution in [-0.2, 0) is 6.54 Å². The van der Waals surface area contributed by atoms with E-state index in [1.807, 2.05) is 6.07 Å². The van der Waals surface area contributed by atoms with Crippen LogP contribution in [0.5, 0.6) is 0 Å². The second-order valence-corrected chi connectivity index (χ2v) is 6.07. The first kappa shape index (κ1) is 12.9. The van der Waals surface area contributed by atoms with Crippen molar-refractivity contribution in [3.8, 4) is 0 Å². The minimum atomic E-state index is -0.0651. The highest BCUT2D eigenvalue weighted by molar-refractivity contribution is 5.55. The Morgan fingerprint density at radius 2 is 1.95 bits per heavy atom. The van der Waals surface area contributed by atoms with Crippen LogP contribution < -0.4 is 10.2 Å². The largest absolute Gasteiger partial charge is 0.369 e. The number of piperidine rings is 1. The third-order valence-electron chi connectivity index (χ3n) is 4.33. The molecular formula is C16H23FN2. The summed E-state index contributed by atoms with van der Waals surface area (Å²) in [5, 5.41) is 3.50. The van der Waals surface area contributed by atoms with Crippen LogP contribution in [-0.4, -0.2) is 19.1 Å². The zero-order valence-electron chi connectivity index (χ0n) is 11.7. The molecule has 0 atom stereocenters. The highest BCUT2D eigenvalue weighted by atomic mass is 19.1. The van der Waals surface area contributed by atoms with E-state index in [0.29, 0.717) is 6.04 Å². The van der Waals surface area contributed by atoms with Crippen molar-refractivity contribution in [3.63, 3.8) is 0 Å². The van der Waals surface area contributed by atoms with Crippen LogP contribution >= 0.6 is 0 Å². The summed E-state index contributed by atoms with van der Waals surface area (Å²) < 4.78 is 14.2. The van der Waals surface area contributed by atoms with Gasteiger partial charge >= 0.3 is 0 Å². The van der Waals surface area contributed by atoms with E-state index >= 15 is 0 Å². The van der Waals surface area contributed by atoms with Crippen LogP contribution in [0.1, 0.15) is 38.2 Å². The van der Waals surface area contributed by atoms with Gasteiger partial charge in [-0.2, -0.15) is 0 Å². The Balaban J connectivity index is 1.77. The molecule has 1 heterocycles. The van der Waals surface area contributed by atoms with Gasteiger partial charge in [0.1, 0.15) is 5.82 Å². The Morgan fingerprint density at radius 3 is 2.63 bits per heavy atom. The molecule has 1 aliphatic carbocycles. The summed E-state index contributed by atoms with van der Waals surface area (Å²) in [6, 6.07) is 6.15. The molecule has 3 rings (SSSR count). The van der Waals surface area contributed by atoms with Crippen molar-refractivity contribution in [1.82, 2.24) is 5.32 Å². The predicted octanol–water partition coefficient (Wildman–Crippen LogP) is 3.31. The molecule has 0 bridgehead atoms. The Hall–Kier alpha value is -1.09. The molecule has 0 amide bonds. The molecule has 0 radical (unpaired) electrons. The minimum Gasteiger partial charge on any atom is -0.369 e. The lowest BCUT2D eigenvalue weighted by atomic mass is 9.98. The molecule has 19 heavy (non-hydrogen) atoms. The smallest absolute Gasteiger partial charge is 0.146 e. The lowest BCUT2D eigenvalue weighted by molar-refractivity contribution is 0.433. The van der Waals surface area contributed by atoms with Gasteiger partial charge in [0.05, 0.1) is 5.69 Å². The first-order valence-corrected chi connectivity index (χ1v) is 7.50. The molecule has 3 heteroatoms. The molecule has 1 aromatic rings. The second kappa shape index (κ2) is 5.49. The fourth-order valence-electron chi connectivity index (χ4n) is 2.83. The van der Waals surface area contributed by atoms with Crippen molar-refractivity contribution in [2.75, 3.05) is 18.0 Å². The SMILES string of the molecule is CC1CCN(c2c(F)cccc2CNC2CC2)CC1. The van der Waals surface area contributed by atoms with Crippen LogP contribution in [0, 0.1) is 11.7 Å². The average molecular weight is 262 g/mol. The highest BCUT2D eigenvalue weighted by Crippen LogP contribution is 2.29. The number of hydrogen-bond acceptors (Lipinski definition) is 2. The molecule has 1 saturated carbocycles. The fourth-order valence-corrected chi connectivity index (χ4v) is 2.83. The first-order valence-electron chi connectivity index (χ1n) is 7.50. The van der Waals surface area contributed by atoms with Gasteiger partial charge in [-0.25, -0.2) is 4.39 Å². The molecular weight excluding hydrogens is 239 g/mol. The van der Waals surface area contributed by atoms with E-state index in [0.717, 1.165) is 36.8 Å². The van der Waals surface area contributed by atoms with Gasteiger partial charge in [-0.1, -0.05) is 19.1 Å². The Bertz CT molecular complexity index is 434. The topological polar surface area (TPSA) is 15.3 Å². The summed E-state index contributed by atoms with van der Waals surface area (Å²) in [6.07, 6.45) is 4.88. The van der Waals surface area contributed by atoms with Crippen LogP contribution in [0.15, 0.2) is 18.2 Å². The van der Waals surface area contributed by atoms with Crippen molar-refractivity contribution in [3.05, 3.63) is 29.6 Å². The zero-order valence-corrected chi connectivity index (χ0v) is 11.7. The van der Waals surface area contributed by atoms with Gasteiger partial charge in [-0.05, 0) is 43.2 Å². The molecule has 1 aromatic carbocycles. The van der Waals surface area contributed by atoms with Gasteiger partial charge in [0.15, 0.2) is 0 Å². The van der Waals surface area contributed by atoms with Gasteiger partial charge in [0, 0.05) is 25.7 Å². The molecule has 2 fully saturated rings. The minimum absolute atomic E-state index is 0.0651. The van der Waals surface area contributed by atoms with Gasteiger partial charge in [-0.3, -0.25) is 0 Å². The average Bonchev–Trinajstić information content (AvgIpc) is 3.22. The number of anilines is 1. The van der Waals surface area contributed by atoms with Gasteiger partial charge in [0.25, 0.3) is 0 Å². The van der Waals surface area contributed by atoms with Crippen molar-refractivity contribution < 1.29 is 4.39 Å². The first-order chi connectivity index (χ1) is 9.24. The predicted molar refractivity (Wildman–Crippen MR) is 76.9 cm³/mol. The highest BCUT2D eigenvalue weighted by Gasteiger charge is 2.23. The van der Waals surface area contributed by atoms with Gasteiger partial charge < -0.3 is 10.2 Å². The number of para-hydroxylation sites is 1. The molecule has 0 spiro atoms. The van der Waals surface area contributed by atoms with E-state index in [4.69, 9.17) is 0 Å². The fraction of sp³-hybridized carbons (Fsp3) is 0.625. The lowest BCUT2D eigenvalue weighted by Gasteiger charge is -2.33. The second-order valence-electron chi connectivity index (χ2n) is 6.07. The van der Waals surface area contributed by atoms with Crippen molar-refractivity contribution in [2.24, 2.45) is 5.92 Å². The van der Waals surface area contributed by atoms with Gasteiger partial charge in [0.2, 0.25) is 0 Å². The molecule has 0 aromatic heterocycles. The van der Waals surface area contributed by atoms with E-state index < -0.39 is 0 Å². The zero-order chi connectivity index (χ0) is 13.2. The third-order valence-corrected chi connectivity index (χ3v) is 4.33. The molecule has 2 aliphatic rings. The summed E-state index contributed by atoms with van der Waals surface area (Å²) in [6.45, 7) is 5.05. The third kappa shape index (κ3) is 3.08. The van der Waals surface area contributed by atoms with Crippen LogP contribution in [0.4, 0.5) is 10.1 Å². The maximum absolute atomic E-state index is 14.2. The summed E-state index contributed by atoms with van der Waals surface area (Å²) in [4.78, 5) is 2.24. The quantitative estimate of drug-likeness (QED) is 0.895. The summed E-state index contributed by atoms with van der Waals surface area (Å²) in [7, 11) is 0. The Morgan fingerprint density at radius 1 is 1.21 bits per heavy atom. The molecule has 1 N–H and O–H groups in total. The number of rotatable bonds is 4. The Kier molecular flexibility index (Phi) is 3.74. The number of hydrogen-bond donors (Lipinski definition) is 1. The van der Waals surface area contributed by atoms with Crippen molar-refractivity contribution >= 4 is 5.69 Å². The molecule has 0 unspecified atom stereocenters. The number of nitrogens with zero attached hydrogens (tertiary/aromatic N) is 1. The maximum Gasteiger partial charge on any atom is 0.146 e. The molecule has 2 nitrogen and oxygen atoms in total. The normalized spacial score (nSPS) is 20.8. The monoisotopic (exact) mass is 262 g/mol. The molecule has 104 valence electrons. The van der Waals surface area contributed by atoms with Crippen LogP contribution in [0.3, 0.4) is 0 Å². The van der Waals surface area contributed by atoms with Crippen molar-refractivity contribution in [2.45, 2.75) is 45.2 Å². The summed E-state index contributed by atoms with van der Waals surface area (Å²) in [5.74, 6) is 0.709. The van der Waals surface area contributed by atoms with E-state index in [1.165, 1.54) is 25.7 Å². The van der Waals surface area contributed by atoms with Gasteiger partial charge in [-0.15, -0.1) is 0 Å². The van der Waals surface area contributed by atoms with E-state index in [2.05, 4.69) is 23.2 Å². The summed E-state index contributed by atoms with van der Waals surface area (Å²) >= 11 is 0. The van der Waals surface area contributed by atoms with E-state index in [1.54, 1.807) is 6.07 Å². The number of benzene rings is 1. The molecule has 1 saturated heterocycles. The lowest BCUT2D eigenvalue weighted by Crippen LogP contribution is -2.34. The van der Waals surface area contributed by atoms with Crippen molar-refractivity contribution in [1.29, 1.82) is 0 Å². The number of halogens is 1. The molecule has 1 aliphatic heterocycles. The summed E-state index contributed by atoms with van der Waals surface area (Å²) in [5.41, 5.74) is 1.95. The standard InChI is InChI=1S/C16H23FN2/c1-12-7-9-19(10-8-12)16-13(3-2-4-15(16)17)11-18-14-5-6-14/h2-4,12,14,18H,5-11H2,1H3. The number of nitrogens with one attached hydrogen (secondary N) is 1. The maximum atomic E-state index is 14.2. The van der Waals surface area contributed by atoms with E-state index in [-0.39, 0.29) is 5.82 Å².